The van der Waals surface area contributed by atoms with Gasteiger partial charge in [0.25, 0.3) is 0 Å². The van der Waals surface area contributed by atoms with Crippen molar-refractivity contribution in [2.75, 3.05) is 36.1 Å². The average Bonchev–Trinajstić information content (AvgIpc) is 2.63. The SMILES string of the molecule is CCO[C@@H](C)c1ccc(-c2ccc(N3CCSCC3)nn2)cc1. The van der Waals surface area contributed by atoms with Crippen LogP contribution in [0.15, 0.2) is 36.4 Å². The molecule has 1 atom stereocenters. The lowest BCUT2D eigenvalue weighted by Crippen LogP contribution is -2.33. The van der Waals surface area contributed by atoms with E-state index in [1.165, 1.54) is 17.1 Å². The average molecular weight is 329 g/mol. The molecule has 0 spiro atoms. The molecule has 0 aliphatic carbocycles. The summed E-state index contributed by atoms with van der Waals surface area (Å²) in [5.74, 6) is 3.32. The van der Waals surface area contributed by atoms with Crippen LogP contribution in [-0.4, -0.2) is 41.4 Å². The zero-order chi connectivity index (χ0) is 16.1. The fourth-order valence-corrected chi connectivity index (χ4v) is 3.61. The third-order valence-corrected chi connectivity index (χ3v) is 5.02. The van der Waals surface area contributed by atoms with E-state index in [-0.39, 0.29) is 6.10 Å². The molecule has 1 saturated heterocycles. The van der Waals surface area contributed by atoms with Crippen molar-refractivity contribution in [3.8, 4) is 11.3 Å². The third-order valence-electron chi connectivity index (χ3n) is 4.08. The van der Waals surface area contributed by atoms with Gasteiger partial charge >= 0.3 is 0 Å². The Morgan fingerprint density at radius 2 is 1.83 bits per heavy atom. The Labute approximate surface area is 142 Å². The minimum atomic E-state index is 0.125. The molecule has 5 heteroatoms. The first-order valence-corrected chi connectivity index (χ1v) is 9.31. The van der Waals surface area contributed by atoms with E-state index < -0.39 is 0 Å². The highest BCUT2D eigenvalue weighted by atomic mass is 32.2. The standard InChI is InChI=1S/C18H23N3OS/c1-3-22-14(2)15-4-6-16(7-5-15)17-8-9-18(20-19-17)21-10-12-23-13-11-21/h4-9,14H,3,10-13H2,1-2H3/t14-/m0/s1. The van der Waals surface area contributed by atoms with Crippen molar-refractivity contribution < 1.29 is 4.74 Å². The van der Waals surface area contributed by atoms with Gasteiger partial charge in [-0.3, -0.25) is 0 Å². The van der Waals surface area contributed by atoms with Crippen LogP contribution in [0, 0.1) is 0 Å². The molecule has 122 valence electrons. The molecule has 2 heterocycles. The number of nitrogens with zero attached hydrogens (tertiary/aromatic N) is 3. The summed E-state index contributed by atoms with van der Waals surface area (Å²) in [6, 6.07) is 12.5. The molecule has 0 N–H and O–H groups in total. The van der Waals surface area contributed by atoms with Crippen LogP contribution in [0.1, 0.15) is 25.5 Å². The van der Waals surface area contributed by atoms with E-state index in [1.54, 1.807) is 0 Å². The fraction of sp³-hybridized carbons (Fsp3) is 0.444. The molecule has 1 aromatic heterocycles. The third kappa shape index (κ3) is 4.03. The van der Waals surface area contributed by atoms with E-state index in [4.69, 9.17) is 4.74 Å². The van der Waals surface area contributed by atoms with Crippen LogP contribution in [0.25, 0.3) is 11.3 Å². The summed E-state index contributed by atoms with van der Waals surface area (Å²) in [5.41, 5.74) is 3.19. The van der Waals surface area contributed by atoms with Gasteiger partial charge in [-0.15, -0.1) is 10.2 Å². The molecule has 1 fully saturated rings. The summed E-state index contributed by atoms with van der Waals surface area (Å²) < 4.78 is 5.62. The zero-order valence-corrected chi connectivity index (χ0v) is 14.6. The molecule has 3 rings (SSSR count). The smallest absolute Gasteiger partial charge is 0.151 e. The molecule has 1 aromatic carbocycles. The molecule has 2 aromatic rings. The van der Waals surface area contributed by atoms with Crippen LogP contribution in [0.3, 0.4) is 0 Å². The minimum absolute atomic E-state index is 0.125. The van der Waals surface area contributed by atoms with Crippen LogP contribution in [0.5, 0.6) is 0 Å². The van der Waals surface area contributed by atoms with Gasteiger partial charge in [0.05, 0.1) is 11.8 Å². The molecule has 0 bridgehead atoms. The van der Waals surface area contributed by atoms with Gasteiger partial charge < -0.3 is 9.64 Å². The molecule has 0 radical (unpaired) electrons. The second-order valence-electron chi connectivity index (χ2n) is 5.60. The van der Waals surface area contributed by atoms with Crippen molar-refractivity contribution in [3.63, 3.8) is 0 Å². The highest BCUT2D eigenvalue weighted by Crippen LogP contribution is 2.23. The Morgan fingerprint density at radius 1 is 1.09 bits per heavy atom. The summed E-state index contributed by atoms with van der Waals surface area (Å²) in [5, 5.41) is 8.81. The quantitative estimate of drug-likeness (QED) is 0.834. The minimum Gasteiger partial charge on any atom is -0.374 e. The Hall–Kier alpha value is -1.59. The van der Waals surface area contributed by atoms with Gasteiger partial charge in [0.1, 0.15) is 0 Å². The lowest BCUT2D eigenvalue weighted by Gasteiger charge is -2.26. The number of anilines is 1. The van der Waals surface area contributed by atoms with Gasteiger partial charge in [-0.25, -0.2) is 0 Å². The second-order valence-corrected chi connectivity index (χ2v) is 6.82. The molecule has 0 unspecified atom stereocenters. The Balaban J connectivity index is 1.71. The summed E-state index contributed by atoms with van der Waals surface area (Å²) in [7, 11) is 0. The maximum atomic E-state index is 5.62. The second kappa shape index (κ2) is 7.79. The van der Waals surface area contributed by atoms with Crippen LogP contribution in [0.4, 0.5) is 5.82 Å². The van der Waals surface area contributed by atoms with E-state index in [1.807, 2.05) is 18.7 Å². The molecular weight excluding hydrogens is 306 g/mol. The van der Waals surface area contributed by atoms with Gasteiger partial charge in [-0.2, -0.15) is 11.8 Å². The number of aromatic nitrogens is 2. The monoisotopic (exact) mass is 329 g/mol. The molecule has 0 amide bonds. The first-order chi connectivity index (χ1) is 11.3. The number of hydrogen-bond acceptors (Lipinski definition) is 5. The van der Waals surface area contributed by atoms with Crippen molar-refractivity contribution in [1.82, 2.24) is 10.2 Å². The van der Waals surface area contributed by atoms with E-state index >= 15 is 0 Å². The molecule has 23 heavy (non-hydrogen) atoms. The van der Waals surface area contributed by atoms with Gasteiger partial charge in [0, 0.05) is 36.8 Å². The maximum Gasteiger partial charge on any atom is 0.151 e. The van der Waals surface area contributed by atoms with Gasteiger partial charge in [0.15, 0.2) is 5.82 Å². The first-order valence-electron chi connectivity index (χ1n) is 8.16. The number of benzene rings is 1. The van der Waals surface area contributed by atoms with E-state index in [2.05, 4.69) is 58.4 Å². The largest absolute Gasteiger partial charge is 0.374 e. The number of ether oxygens (including phenoxy) is 1. The normalized spacial score (nSPS) is 16.3. The van der Waals surface area contributed by atoms with Crippen molar-refractivity contribution in [2.24, 2.45) is 0 Å². The van der Waals surface area contributed by atoms with Crippen LogP contribution < -0.4 is 4.90 Å². The number of thioether (sulfide) groups is 1. The topological polar surface area (TPSA) is 38.2 Å². The van der Waals surface area contributed by atoms with Gasteiger partial charge in [-0.05, 0) is 31.5 Å². The molecule has 1 aliphatic heterocycles. The van der Waals surface area contributed by atoms with Crippen molar-refractivity contribution in [3.05, 3.63) is 42.0 Å². The number of rotatable bonds is 5. The van der Waals surface area contributed by atoms with Gasteiger partial charge in [0.2, 0.25) is 0 Å². The van der Waals surface area contributed by atoms with Gasteiger partial charge in [-0.1, -0.05) is 24.3 Å². The molecule has 4 nitrogen and oxygen atoms in total. The Morgan fingerprint density at radius 3 is 2.43 bits per heavy atom. The Kier molecular flexibility index (Phi) is 5.51. The molecule has 0 saturated carbocycles. The predicted molar refractivity (Wildman–Crippen MR) is 97.0 cm³/mol. The lowest BCUT2D eigenvalue weighted by atomic mass is 10.1. The summed E-state index contributed by atoms with van der Waals surface area (Å²) in [4.78, 5) is 2.31. The van der Waals surface area contributed by atoms with E-state index in [0.717, 1.165) is 36.8 Å². The molecular formula is C18H23N3OS. The summed E-state index contributed by atoms with van der Waals surface area (Å²) in [6.45, 7) is 6.93. The maximum absolute atomic E-state index is 5.62. The van der Waals surface area contributed by atoms with Crippen molar-refractivity contribution in [2.45, 2.75) is 20.0 Å². The van der Waals surface area contributed by atoms with E-state index in [9.17, 15) is 0 Å². The van der Waals surface area contributed by atoms with E-state index in [0.29, 0.717) is 0 Å². The Bertz CT molecular complexity index is 609. The first kappa shape index (κ1) is 16.3. The zero-order valence-electron chi connectivity index (χ0n) is 13.7. The highest BCUT2D eigenvalue weighted by molar-refractivity contribution is 7.99. The highest BCUT2D eigenvalue weighted by Gasteiger charge is 2.13. The summed E-state index contributed by atoms with van der Waals surface area (Å²) in [6.07, 6.45) is 0.125. The van der Waals surface area contributed by atoms with Crippen molar-refractivity contribution >= 4 is 17.6 Å². The predicted octanol–water partition coefficient (Wildman–Crippen LogP) is 3.79. The lowest BCUT2D eigenvalue weighted by molar-refractivity contribution is 0.0764. The van der Waals surface area contributed by atoms with Crippen LogP contribution in [0.2, 0.25) is 0 Å². The van der Waals surface area contributed by atoms with Crippen LogP contribution >= 0.6 is 11.8 Å². The summed E-state index contributed by atoms with van der Waals surface area (Å²) >= 11 is 2.00. The number of hydrogen-bond donors (Lipinski definition) is 0. The van der Waals surface area contributed by atoms with Crippen molar-refractivity contribution in [1.29, 1.82) is 0 Å². The fourth-order valence-electron chi connectivity index (χ4n) is 2.71. The molecule has 1 aliphatic rings. The van der Waals surface area contributed by atoms with Crippen LogP contribution in [-0.2, 0) is 4.74 Å².